The third-order valence-corrected chi connectivity index (χ3v) is 5.18. The number of hydrogen-bond acceptors (Lipinski definition) is 3. The molecule has 0 aromatic heterocycles. The Kier molecular flexibility index (Phi) is 6.88. The number of halogens is 1. The van der Waals surface area contributed by atoms with Gasteiger partial charge in [-0.3, -0.25) is 4.79 Å². The molecular weight excluding hydrogens is 355 g/mol. The third kappa shape index (κ3) is 6.24. The van der Waals surface area contributed by atoms with Gasteiger partial charge in [0.1, 0.15) is 5.82 Å². The second-order valence-corrected chi connectivity index (χ2v) is 8.19. The molecule has 1 N–H and O–H groups in total. The van der Waals surface area contributed by atoms with Crippen molar-refractivity contribution in [1.29, 1.82) is 0 Å². The highest BCUT2D eigenvalue weighted by molar-refractivity contribution is 7.88. The molecule has 0 fully saturated rings. The highest BCUT2D eigenvalue weighted by Gasteiger charge is 2.18. The Balaban J connectivity index is 1.92. The Labute approximate surface area is 153 Å². The van der Waals surface area contributed by atoms with E-state index >= 15 is 0 Å². The Hall–Kier alpha value is -2.25. The molecule has 2 aromatic carbocycles. The number of carbonyl (C=O) groups excluding carboxylic acids is 1. The normalized spacial score (nSPS) is 11.5. The summed E-state index contributed by atoms with van der Waals surface area (Å²) in [6.45, 7) is 2.28. The molecule has 2 rings (SSSR count). The smallest absolute Gasteiger partial charge is 0.221 e. The van der Waals surface area contributed by atoms with Crippen molar-refractivity contribution in [2.45, 2.75) is 26.4 Å². The average Bonchev–Trinajstić information content (AvgIpc) is 2.57. The topological polar surface area (TPSA) is 66.5 Å². The molecule has 0 saturated heterocycles. The molecule has 0 aliphatic heterocycles. The van der Waals surface area contributed by atoms with E-state index in [1.165, 1.54) is 10.4 Å². The van der Waals surface area contributed by atoms with Gasteiger partial charge in [0.15, 0.2) is 0 Å². The molecule has 7 heteroatoms. The van der Waals surface area contributed by atoms with Crippen molar-refractivity contribution in [1.82, 2.24) is 9.62 Å². The van der Waals surface area contributed by atoms with Crippen LogP contribution >= 0.6 is 0 Å². The zero-order valence-electron chi connectivity index (χ0n) is 14.9. The van der Waals surface area contributed by atoms with E-state index in [2.05, 4.69) is 5.32 Å². The maximum absolute atomic E-state index is 13.5. The monoisotopic (exact) mass is 378 g/mol. The van der Waals surface area contributed by atoms with Gasteiger partial charge in [-0.2, -0.15) is 4.31 Å². The predicted molar refractivity (Wildman–Crippen MR) is 99.3 cm³/mol. The minimum Gasteiger partial charge on any atom is -0.352 e. The van der Waals surface area contributed by atoms with E-state index in [4.69, 9.17) is 0 Å². The fourth-order valence-corrected chi connectivity index (χ4v) is 3.33. The highest BCUT2D eigenvalue weighted by Crippen LogP contribution is 2.11. The Bertz CT molecular complexity index is 869. The summed E-state index contributed by atoms with van der Waals surface area (Å²) < 4.78 is 38.8. The van der Waals surface area contributed by atoms with Gasteiger partial charge in [-0.15, -0.1) is 0 Å². The van der Waals surface area contributed by atoms with Gasteiger partial charge in [0.2, 0.25) is 15.9 Å². The molecule has 5 nitrogen and oxygen atoms in total. The van der Waals surface area contributed by atoms with Gasteiger partial charge in [0.05, 0.1) is 6.26 Å². The summed E-state index contributed by atoms with van der Waals surface area (Å²) in [5, 5.41) is 2.62. The van der Waals surface area contributed by atoms with Crippen molar-refractivity contribution in [3.8, 4) is 0 Å². The van der Waals surface area contributed by atoms with E-state index in [1.807, 2.05) is 31.2 Å². The lowest BCUT2D eigenvalue weighted by Gasteiger charge is -2.20. The number of rotatable bonds is 8. The van der Waals surface area contributed by atoms with Crippen molar-refractivity contribution in [2.75, 3.05) is 12.8 Å². The lowest BCUT2D eigenvalue weighted by molar-refractivity contribution is -0.121. The number of hydrogen-bond donors (Lipinski definition) is 1. The first-order valence-corrected chi connectivity index (χ1v) is 10.1. The summed E-state index contributed by atoms with van der Waals surface area (Å²) in [7, 11) is -3.45. The second-order valence-electron chi connectivity index (χ2n) is 6.20. The summed E-state index contributed by atoms with van der Waals surface area (Å²) in [5.41, 5.74) is 2.29. The van der Waals surface area contributed by atoms with Crippen molar-refractivity contribution < 1.29 is 17.6 Å². The maximum Gasteiger partial charge on any atom is 0.221 e. The van der Waals surface area contributed by atoms with Crippen LogP contribution in [0.15, 0.2) is 48.5 Å². The zero-order valence-corrected chi connectivity index (χ0v) is 15.7. The molecule has 0 unspecified atom stereocenters. The minimum atomic E-state index is -3.45. The van der Waals surface area contributed by atoms with Crippen LogP contribution in [0.3, 0.4) is 0 Å². The van der Waals surface area contributed by atoms with E-state index in [-0.39, 0.29) is 37.8 Å². The fraction of sp³-hybridized carbons (Fsp3) is 0.316. The second kappa shape index (κ2) is 8.91. The largest absolute Gasteiger partial charge is 0.352 e. The lowest BCUT2D eigenvalue weighted by atomic mass is 10.1. The van der Waals surface area contributed by atoms with Crippen LogP contribution < -0.4 is 5.32 Å². The molecular formula is C19H23FN2O3S. The molecule has 26 heavy (non-hydrogen) atoms. The van der Waals surface area contributed by atoms with Crippen LogP contribution in [0.5, 0.6) is 0 Å². The first kappa shape index (κ1) is 20.1. The maximum atomic E-state index is 13.5. The Morgan fingerprint density at radius 3 is 2.54 bits per heavy atom. The van der Waals surface area contributed by atoms with Crippen LogP contribution in [0.2, 0.25) is 0 Å². The van der Waals surface area contributed by atoms with Crippen LogP contribution in [0.25, 0.3) is 0 Å². The number of amides is 1. The van der Waals surface area contributed by atoms with Gasteiger partial charge < -0.3 is 5.32 Å². The van der Waals surface area contributed by atoms with E-state index in [0.29, 0.717) is 5.56 Å². The number of nitrogens with zero attached hydrogens (tertiary/aromatic N) is 1. The van der Waals surface area contributed by atoms with Crippen LogP contribution in [0.4, 0.5) is 4.39 Å². The van der Waals surface area contributed by atoms with Crippen LogP contribution in [-0.4, -0.2) is 31.4 Å². The number of sulfonamides is 1. The van der Waals surface area contributed by atoms with Crippen molar-refractivity contribution in [2.24, 2.45) is 0 Å². The summed E-state index contributed by atoms with van der Waals surface area (Å²) in [5.74, 6) is -0.712. The molecule has 140 valence electrons. The fourth-order valence-electron chi connectivity index (χ4n) is 2.53. The average molecular weight is 378 g/mol. The molecule has 0 bridgehead atoms. The van der Waals surface area contributed by atoms with Crippen LogP contribution in [0.1, 0.15) is 23.1 Å². The first-order chi connectivity index (χ1) is 12.3. The van der Waals surface area contributed by atoms with Gasteiger partial charge in [-0.05, 0) is 18.6 Å². The van der Waals surface area contributed by atoms with Gasteiger partial charge in [-0.25, -0.2) is 12.8 Å². The van der Waals surface area contributed by atoms with E-state index in [0.717, 1.165) is 17.4 Å². The van der Waals surface area contributed by atoms with Crippen molar-refractivity contribution in [3.63, 3.8) is 0 Å². The molecule has 0 aliphatic carbocycles. The number of aryl methyl sites for hydroxylation is 1. The molecule has 0 heterocycles. The summed E-state index contributed by atoms with van der Waals surface area (Å²) in [4.78, 5) is 12.0. The quantitative estimate of drug-likeness (QED) is 0.768. The van der Waals surface area contributed by atoms with E-state index in [9.17, 15) is 17.6 Å². The van der Waals surface area contributed by atoms with Gasteiger partial charge in [0, 0.05) is 31.6 Å². The van der Waals surface area contributed by atoms with Gasteiger partial charge >= 0.3 is 0 Å². The number of carbonyl (C=O) groups is 1. The Morgan fingerprint density at radius 2 is 1.88 bits per heavy atom. The molecule has 0 atom stereocenters. The number of nitrogens with one attached hydrogen (secondary N) is 1. The SMILES string of the molecule is Cc1cccc(CN(CCC(=O)NCc2ccccc2F)S(C)(=O)=O)c1. The summed E-state index contributed by atoms with van der Waals surface area (Å²) in [6, 6.07) is 13.8. The van der Waals surface area contributed by atoms with Crippen molar-refractivity contribution in [3.05, 3.63) is 71.0 Å². The molecule has 2 aromatic rings. The van der Waals surface area contributed by atoms with Crippen LogP contribution in [-0.2, 0) is 27.9 Å². The molecule has 0 radical (unpaired) electrons. The third-order valence-electron chi connectivity index (χ3n) is 3.93. The van der Waals surface area contributed by atoms with Gasteiger partial charge in [0.25, 0.3) is 0 Å². The molecule has 0 saturated carbocycles. The molecule has 1 amide bonds. The number of benzene rings is 2. The first-order valence-electron chi connectivity index (χ1n) is 8.26. The predicted octanol–water partition coefficient (Wildman–Crippen LogP) is 2.60. The Morgan fingerprint density at radius 1 is 1.15 bits per heavy atom. The summed E-state index contributed by atoms with van der Waals surface area (Å²) >= 11 is 0. The van der Waals surface area contributed by atoms with E-state index in [1.54, 1.807) is 18.2 Å². The van der Waals surface area contributed by atoms with Crippen molar-refractivity contribution >= 4 is 15.9 Å². The standard InChI is InChI=1S/C19H23FN2O3S/c1-15-6-5-7-16(12-15)14-22(26(2,24)25)11-10-19(23)21-13-17-8-3-4-9-18(17)20/h3-9,12H,10-11,13-14H2,1-2H3,(H,21,23). The van der Waals surface area contributed by atoms with Gasteiger partial charge in [-0.1, -0.05) is 48.0 Å². The zero-order chi connectivity index (χ0) is 19.2. The minimum absolute atomic E-state index is 0.00728. The lowest BCUT2D eigenvalue weighted by Crippen LogP contribution is -2.34. The molecule has 0 aliphatic rings. The van der Waals surface area contributed by atoms with Crippen LogP contribution in [0, 0.1) is 12.7 Å². The molecule has 0 spiro atoms. The van der Waals surface area contributed by atoms with E-state index < -0.39 is 10.0 Å². The highest BCUT2D eigenvalue weighted by atomic mass is 32.2. The summed E-state index contributed by atoms with van der Waals surface area (Å²) in [6.07, 6.45) is 1.13.